The second-order valence-electron chi connectivity index (χ2n) is 4.56. The Morgan fingerprint density at radius 3 is 1.83 bits per heavy atom. The monoisotopic (exact) mass is 335 g/mol. The molecule has 3 aromatic rings. The van der Waals surface area contributed by atoms with Gasteiger partial charge in [-0.05, 0) is 0 Å². The van der Waals surface area contributed by atoms with Crippen LogP contribution in [0, 0.1) is 17.2 Å². The largest absolute Gasteiger partial charge is 0.401 e. The summed E-state index contributed by atoms with van der Waals surface area (Å²) in [5.74, 6) is 1.76. The molecular formula is C16H14ClNO5. The van der Waals surface area contributed by atoms with Crippen molar-refractivity contribution in [2.75, 3.05) is 0 Å². The van der Waals surface area contributed by atoms with Gasteiger partial charge in [-0.15, -0.1) is 14.8 Å². The van der Waals surface area contributed by atoms with Gasteiger partial charge in [-0.2, -0.15) is 0 Å². The molecule has 0 unspecified atom stereocenters. The topological polar surface area (TPSA) is 109 Å². The molecular weight excluding hydrogens is 322 g/mol. The Kier molecular flexibility index (Phi) is 5.49. The van der Waals surface area contributed by atoms with Gasteiger partial charge in [0.25, 0.3) is 0 Å². The van der Waals surface area contributed by atoms with Crippen molar-refractivity contribution in [3.8, 4) is 17.0 Å². The van der Waals surface area contributed by atoms with Crippen LogP contribution in [0.3, 0.4) is 0 Å². The zero-order valence-electron chi connectivity index (χ0n) is 12.2. The van der Waals surface area contributed by atoms with E-state index in [4.69, 9.17) is 23.1 Å². The van der Waals surface area contributed by atoms with E-state index < -0.39 is 10.2 Å². The zero-order valence-corrected chi connectivity index (χ0v) is 13.0. The van der Waals surface area contributed by atoms with E-state index in [2.05, 4.69) is 16.7 Å². The standard InChI is InChI=1S/C16H14NO.ClHO4/c1-13-17(15-10-6-3-7-11-15)12-16(18-13)14-8-4-2-5-9-14;2-1(3,4)5/h2-12H,1H3;(H,2,3,4,5)/q+1;/p-1. The number of aromatic nitrogens is 1. The third-order valence-electron chi connectivity index (χ3n) is 2.94. The van der Waals surface area contributed by atoms with Gasteiger partial charge >= 0.3 is 5.89 Å². The van der Waals surface area contributed by atoms with E-state index in [9.17, 15) is 0 Å². The Balaban J connectivity index is 0.000000338. The fraction of sp³-hybridized carbons (Fsp3) is 0.0625. The highest BCUT2D eigenvalue weighted by Gasteiger charge is 2.18. The molecule has 0 N–H and O–H groups in total. The maximum absolute atomic E-state index is 8.49. The Labute approximate surface area is 135 Å². The minimum Gasteiger partial charge on any atom is -0.401 e. The molecule has 0 bridgehead atoms. The molecule has 0 saturated carbocycles. The van der Waals surface area contributed by atoms with Crippen molar-refractivity contribution in [3.05, 3.63) is 72.8 Å². The molecule has 0 fully saturated rings. The lowest BCUT2D eigenvalue weighted by Crippen LogP contribution is -2.68. The second-order valence-corrected chi connectivity index (χ2v) is 5.32. The molecule has 0 aliphatic heterocycles. The molecule has 0 atom stereocenters. The molecule has 0 aliphatic rings. The first-order valence-corrected chi connectivity index (χ1v) is 7.83. The normalized spacial score (nSPS) is 10.8. The molecule has 23 heavy (non-hydrogen) atoms. The van der Waals surface area contributed by atoms with Gasteiger partial charge in [-0.1, -0.05) is 48.5 Å². The second kappa shape index (κ2) is 7.36. The molecule has 0 saturated heterocycles. The van der Waals surface area contributed by atoms with Crippen LogP contribution in [-0.4, -0.2) is 0 Å². The van der Waals surface area contributed by atoms with E-state index in [0.29, 0.717) is 0 Å². The maximum Gasteiger partial charge on any atom is 0.350 e. The third kappa shape index (κ3) is 5.48. The van der Waals surface area contributed by atoms with Crippen LogP contribution < -0.4 is 23.2 Å². The summed E-state index contributed by atoms with van der Waals surface area (Å²) in [4.78, 5) is 0. The fourth-order valence-electron chi connectivity index (χ4n) is 2.02. The Morgan fingerprint density at radius 1 is 0.826 bits per heavy atom. The van der Waals surface area contributed by atoms with Gasteiger partial charge in [0.05, 0.1) is 6.92 Å². The predicted molar refractivity (Wildman–Crippen MR) is 70.4 cm³/mol. The van der Waals surface area contributed by atoms with E-state index in [-0.39, 0.29) is 0 Å². The Hall–Kier alpha value is -2.22. The quantitative estimate of drug-likeness (QED) is 0.545. The summed E-state index contributed by atoms with van der Waals surface area (Å²) in [6, 6.07) is 20.3. The van der Waals surface area contributed by atoms with Crippen LogP contribution in [0.25, 0.3) is 17.0 Å². The maximum atomic E-state index is 8.49. The van der Waals surface area contributed by atoms with E-state index in [1.54, 1.807) is 0 Å². The van der Waals surface area contributed by atoms with E-state index >= 15 is 0 Å². The van der Waals surface area contributed by atoms with Crippen LogP contribution in [0.15, 0.2) is 71.3 Å². The van der Waals surface area contributed by atoms with Gasteiger partial charge in [-0.3, -0.25) is 0 Å². The molecule has 0 aliphatic carbocycles. The minimum atomic E-state index is -4.94. The average Bonchev–Trinajstić information content (AvgIpc) is 2.89. The molecule has 7 heteroatoms. The summed E-state index contributed by atoms with van der Waals surface area (Å²) in [5.41, 5.74) is 2.20. The van der Waals surface area contributed by atoms with Gasteiger partial charge < -0.3 is 4.42 Å². The molecule has 0 radical (unpaired) electrons. The number of rotatable bonds is 2. The average molecular weight is 336 g/mol. The molecule has 2 aromatic carbocycles. The van der Waals surface area contributed by atoms with E-state index in [0.717, 1.165) is 22.9 Å². The Morgan fingerprint density at radius 2 is 1.30 bits per heavy atom. The summed E-state index contributed by atoms with van der Waals surface area (Å²) in [5, 5.41) is 0. The van der Waals surface area contributed by atoms with Crippen molar-refractivity contribution in [1.29, 1.82) is 0 Å². The number of halogens is 1. The first kappa shape index (κ1) is 17.1. The minimum absolute atomic E-state index is 0.875. The molecule has 1 aromatic heterocycles. The van der Waals surface area contributed by atoms with Crippen molar-refractivity contribution >= 4 is 0 Å². The lowest BCUT2D eigenvalue weighted by atomic mass is 10.2. The fourth-order valence-corrected chi connectivity index (χ4v) is 2.02. The van der Waals surface area contributed by atoms with Crippen molar-refractivity contribution in [2.45, 2.75) is 6.92 Å². The Bertz CT molecular complexity index is 732. The summed E-state index contributed by atoms with van der Waals surface area (Å²) in [7, 11) is -4.94. The number of oxazole rings is 1. The first-order valence-electron chi connectivity index (χ1n) is 6.59. The van der Waals surface area contributed by atoms with Crippen molar-refractivity contribution < 1.29 is 37.9 Å². The lowest BCUT2D eigenvalue weighted by Gasteiger charge is -2.17. The van der Waals surface area contributed by atoms with Gasteiger partial charge in [0.1, 0.15) is 0 Å². The van der Waals surface area contributed by atoms with Gasteiger partial charge in [-0.25, -0.2) is 18.6 Å². The van der Waals surface area contributed by atoms with E-state index in [1.807, 2.05) is 61.7 Å². The zero-order chi connectivity index (χ0) is 16.9. The molecule has 3 rings (SSSR count). The van der Waals surface area contributed by atoms with Gasteiger partial charge in [0, 0.05) is 17.7 Å². The van der Waals surface area contributed by atoms with Crippen LogP contribution in [0.2, 0.25) is 0 Å². The molecule has 0 amide bonds. The number of hydrogen-bond acceptors (Lipinski definition) is 5. The lowest BCUT2D eigenvalue weighted by molar-refractivity contribution is -2.00. The summed E-state index contributed by atoms with van der Waals surface area (Å²) in [6.45, 7) is 1.97. The third-order valence-corrected chi connectivity index (χ3v) is 2.94. The van der Waals surface area contributed by atoms with Crippen molar-refractivity contribution in [3.63, 3.8) is 0 Å². The summed E-state index contributed by atoms with van der Waals surface area (Å²) < 4.78 is 41.8. The van der Waals surface area contributed by atoms with Crippen molar-refractivity contribution in [2.24, 2.45) is 0 Å². The van der Waals surface area contributed by atoms with Gasteiger partial charge in [0.15, 0.2) is 0 Å². The molecule has 6 nitrogen and oxygen atoms in total. The highest BCUT2D eigenvalue weighted by atomic mass is 35.7. The van der Waals surface area contributed by atoms with Crippen LogP contribution >= 0.6 is 0 Å². The SMILES string of the molecule is Cc1oc(-c2ccccc2)c[n+]1-c1ccccc1.[O-][Cl+3]([O-])([O-])[O-]. The van der Waals surface area contributed by atoms with Crippen LogP contribution in [0.1, 0.15) is 5.89 Å². The number of para-hydroxylation sites is 1. The molecule has 120 valence electrons. The smallest absolute Gasteiger partial charge is 0.350 e. The van der Waals surface area contributed by atoms with Gasteiger partial charge in [0.2, 0.25) is 17.6 Å². The number of benzene rings is 2. The summed E-state index contributed by atoms with van der Waals surface area (Å²) >= 11 is 0. The number of hydrogen-bond donors (Lipinski definition) is 0. The van der Waals surface area contributed by atoms with Crippen molar-refractivity contribution in [1.82, 2.24) is 0 Å². The predicted octanol–water partition coefficient (Wildman–Crippen LogP) is -1.22. The first-order chi connectivity index (χ1) is 10.8. The summed E-state index contributed by atoms with van der Waals surface area (Å²) in [6.07, 6.45) is 2.03. The highest BCUT2D eigenvalue weighted by Crippen LogP contribution is 2.19. The van der Waals surface area contributed by atoms with Crippen LogP contribution in [-0.2, 0) is 0 Å². The van der Waals surface area contributed by atoms with Crippen LogP contribution in [0.5, 0.6) is 0 Å². The molecule has 0 spiro atoms. The van der Waals surface area contributed by atoms with E-state index in [1.165, 1.54) is 0 Å². The number of nitrogens with zero attached hydrogens (tertiary/aromatic N) is 1. The molecule has 1 heterocycles. The number of aryl methyl sites for hydroxylation is 1. The van der Waals surface area contributed by atoms with Crippen LogP contribution in [0.4, 0.5) is 0 Å². The highest BCUT2D eigenvalue weighted by molar-refractivity contribution is 5.55.